The molecule has 8 nitrogen and oxygen atoms in total. The summed E-state index contributed by atoms with van der Waals surface area (Å²) in [5.41, 5.74) is 2.57. The Morgan fingerprint density at radius 3 is 2.62 bits per heavy atom. The molecular weight excluding hydrogens is 302 g/mol. The monoisotopic (exact) mass is 323 g/mol. The molecule has 1 heterocycles. The minimum absolute atomic E-state index is 0. The van der Waals surface area contributed by atoms with Crippen LogP contribution in [0.15, 0.2) is 0 Å². The number of hydrazine groups is 1. The molecule has 2 N–H and O–H groups in total. The van der Waals surface area contributed by atoms with Gasteiger partial charge in [0.2, 0.25) is 0 Å². The number of hydrogen-bond acceptors (Lipinski definition) is 7. The van der Waals surface area contributed by atoms with Crippen molar-refractivity contribution >= 4 is 30.4 Å². The highest BCUT2D eigenvalue weighted by atomic mass is 35.5. The highest BCUT2D eigenvalue weighted by molar-refractivity contribution is 5.87. The van der Waals surface area contributed by atoms with Gasteiger partial charge in [-0.25, -0.2) is 20.0 Å². The first-order chi connectivity index (χ1) is 9.45. The predicted octanol–water partition coefficient (Wildman–Crippen LogP) is 0.211. The molecule has 9 heteroatoms. The molecule has 0 saturated carbocycles. The SMILES string of the molecule is CCOC(=O)C(C)NN(C)C(=O)OC(=O)[C@@H]1CCCN1.Cl. The standard InChI is InChI=1S/C12H21N3O5.ClH/c1-4-19-10(16)8(2)14-15(3)12(18)20-11(17)9-6-5-7-13-9;/h8-9,13-14H,4-7H2,1-3H3;1H/t8?,9-;/m0./s1. The third-order valence-electron chi connectivity index (χ3n) is 2.83. The molecule has 1 unspecified atom stereocenters. The van der Waals surface area contributed by atoms with Crippen molar-refractivity contribution in [3.63, 3.8) is 0 Å². The van der Waals surface area contributed by atoms with E-state index in [1.807, 2.05) is 0 Å². The summed E-state index contributed by atoms with van der Waals surface area (Å²) >= 11 is 0. The maximum Gasteiger partial charge on any atom is 0.431 e. The fourth-order valence-corrected chi connectivity index (χ4v) is 1.77. The Kier molecular flexibility index (Phi) is 8.91. The van der Waals surface area contributed by atoms with E-state index in [-0.39, 0.29) is 19.0 Å². The highest BCUT2D eigenvalue weighted by Crippen LogP contribution is 2.07. The summed E-state index contributed by atoms with van der Waals surface area (Å²) in [6, 6.07) is -1.15. The van der Waals surface area contributed by atoms with Crippen LogP contribution in [0.3, 0.4) is 0 Å². The van der Waals surface area contributed by atoms with E-state index in [2.05, 4.69) is 10.7 Å². The number of hydrogen-bond donors (Lipinski definition) is 2. The van der Waals surface area contributed by atoms with Crippen LogP contribution in [0.1, 0.15) is 26.7 Å². The van der Waals surface area contributed by atoms with Crippen LogP contribution in [0.25, 0.3) is 0 Å². The molecule has 0 aliphatic carbocycles. The van der Waals surface area contributed by atoms with Crippen molar-refractivity contribution in [1.82, 2.24) is 15.8 Å². The summed E-state index contributed by atoms with van der Waals surface area (Å²) in [5, 5.41) is 3.89. The topological polar surface area (TPSA) is 97.0 Å². The molecule has 21 heavy (non-hydrogen) atoms. The summed E-state index contributed by atoms with van der Waals surface area (Å²) in [5.74, 6) is -1.10. The molecule has 0 radical (unpaired) electrons. The summed E-state index contributed by atoms with van der Waals surface area (Å²) in [7, 11) is 1.37. The normalized spacial score (nSPS) is 18.3. The van der Waals surface area contributed by atoms with Crippen LogP contribution >= 0.6 is 12.4 Å². The first kappa shape index (κ1) is 19.6. The Balaban J connectivity index is 0.00000400. The predicted molar refractivity (Wildman–Crippen MR) is 76.8 cm³/mol. The Morgan fingerprint density at radius 2 is 2.10 bits per heavy atom. The molecule has 2 atom stereocenters. The lowest BCUT2D eigenvalue weighted by Gasteiger charge is -2.21. The zero-order valence-corrected chi connectivity index (χ0v) is 13.2. The van der Waals surface area contributed by atoms with Crippen molar-refractivity contribution in [2.75, 3.05) is 20.2 Å². The van der Waals surface area contributed by atoms with Crippen LogP contribution in [0.5, 0.6) is 0 Å². The van der Waals surface area contributed by atoms with Gasteiger partial charge in [0.05, 0.1) is 6.61 Å². The zero-order valence-electron chi connectivity index (χ0n) is 12.4. The molecule has 0 aromatic heterocycles. The van der Waals surface area contributed by atoms with Gasteiger partial charge in [-0.1, -0.05) is 0 Å². The number of ether oxygens (including phenoxy) is 2. The molecule has 0 bridgehead atoms. The van der Waals surface area contributed by atoms with E-state index in [0.29, 0.717) is 6.42 Å². The molecule has 0 spiro atoms. The smallest absolute Gasteiger partial charge is 0.431 e. The quantitative estimate of drug-likeness (QED) is 0.424. The van der Waals surface area contributed by atoms with Crippen molar-refractivity contribution in [2.45, 2.75) is 38.8 Å². The summed E-state index contributed by atoms with van der Waals surface area (Å²) in [6.07, 6.45) is 0.671. The van der Waals surface area contributed by atoms with Crippen LogP contribution in [0.4, 0.5) is 4.79 Å². The van der Waals surface area contributed by atoms with Gasteiger partial charge in [0.1, 0.15) is 12.1 Å². The number of esters is 2. The minimum Gasteiger partial charge on any atom is -0.465 e. The lowest BCUT2D eigenvalue weighted by Crippen LogP contribution is -2.49. The molecule has 122 valence electrons. The second-order valence-corrected chi connectivity index (χ2v) is 4.50. The molecule has 1 saturated heterocycles. The fraction of sp³-hybridized carbons (Fsp3) is 0.750. The van der Waals surface area contributed by atoms with Gasteiger partial charge in [0.15, 0.2) is 0 Å². The van der Waals surface area contributed by atoms with Crippen molar-refractivity contribution in [3.8, 4) is 0 Å². The van der Waals surface area contributed by atoms with Crippen molar-refractivity contribution in [3.05, 3.63) is 0 Å². The number of halogens is 1. The number of rotatable bonds is 5. The van der Waals surface area contributed by atoms with Gasteiger partial charge >= 0.3 is 18.0 Å². The van der Waals surface area contributed by atoms with E-state index in [9.17, 15) is 14.4 Å². The number of carbonyl (C=O) groups excluding carboxylic acids is 3. The molecule has 1 aliphatic rings. The maximum absolute atomic E-state index is 11.7. The van der Waals surface area contributed by atoms with E-state index >= 15 is 0 Å². The van der Waals surface area contributed by atoms with Crippen LogP contribution < -0.4 is 10.7 Å². The number of nitrogens with zero attached hydrogens (tertiary/aromatic N) is 1. The summed E-state index contributed by atoms with van der Waals surface area (Å²) in [6.45, 7) is 4.23. The molecule has 0 aromatic rings. The largest absolute Gasteiger partial charge is 0.465 e. The van der Waals surface area contributed by atoms with E-state index < -0.39 is 30.1 Å². The first-order valence-corrected chi connectivity index (χ1v) is 6.61. The zero-order chi connectivity index (χ0) is 15.1. The molecular formula is C12H22ClN3O5. The Hall–Kier alpha value is -1.38. The van der Waals surface area contributed by atoms with Gasteiger partial charge in [-0.2, -0.15) is 0 Å². The van der Waals surface area contributed by atoms with Crippen LogP contribution in [0, 0.1) is 0 Å². The second kappa shape index (κ2) is 9.54. The van der Waals surface area contributed by atoms with Gasteiger partial charge in [0.25, 0.3) is 0 Å². The van der Waals surface area contributed by atoms with Crippen LogP contribution in [0.2, 0.25) is 0 Å². The third kappa shape index (κ3) is 6.28. The van der Waals surface area contributed by atoms with Crippen molar-refractivity contribution in [1.29, 1.82) is 0 Å². The van der Waals surface area contributed by atoms with Gasteiger partial charge < -0.3 is 14.8 Å². The average Bonchev–Trinajstić information content (AvgIpc) is 2.92. The van der Waals surface area contributed by atoms with Gasteiger partial charge in [-0.05, 0) is 33.2 Å². The number of carbonyl (C=O) groups is 3. The van der Waals surface area contributed by atoms with E-state index in [4.69, 9.17) is 9.47 Å². The molecule has 1 amide bonds. The van der Waals surface area contributed by atoms with E-state index in [0.717, 1.165) is 18.0 Å². The summed E-state index contributed by atoms with van der Waals surface area (Å²) < 4.78 is 9.50. The third-order valence-corrected chi connectivity index (χ3v) is 2.83. The van der Waals surface area contributed by atoms with Crippen molar-refractivity contribution < 1.29 is 23.9 Å². The van der Waals surface area contributed by atoms with Gasteiger partial charge in [0, 0.05) is 7.05 Å². The Bertz CT molecular complexity index is 374. The van der Waals surface area contributed by atoms with Crippen LogP contribution in [-0.4, -0.2) is 55.3 Å². The average molecular weight is 324 g/mol. The molecule has 1 aliphatic heterocycles. The minimum atomic E-state index is -0.861. The van der Waals surface area contributed by atoms with Crippen molar-refractivity contribution in [2.24, 2.45) is 0 Å². The van der Waals surface area contributed by atoms with Gasteiger partial charge in [-0.15, -0.1) is 12.4 Å². The van der Waals surface area contributed by atoms with E-state index in [1.165, 1.54) is 7.05 Å². The fourth-order valence-electron chi connectivity index (χ4n) is 1.77. The maximum atomic E-state index is 11.7. The van der Waals surface area contributed by atoms with E-state index in [1.54, 1.807) is 13.8 Å². The molecule has 0 aromatic carbocycles. The number of amides is 1. The molecule has 1 rings (SSSR count). The van der Waals surface area contributed by atoms with Crippen LogP contribution in [-0.2, 0) is 19.1 Å². The lowest BCUT2D eigenvalue weighted by atomic mass is 10.2. The number of nitrogens with one attached hydrogen (secondary N) is 2. The summed E-state index contributed by atoms with van der Waals surface area (Å²) in [4.78, 5) is 34.7. The molecule has 1 fully saturated rings. The second-order valence-electron chi connectivity index (χ2n) is 4.50. The van der Waals surface area contributed by atoms with Gasteiger partial charge in [-0.3, -0.25) is 4.79 Å². The Labute approximate surface area is 129 Å². The highest BCUT2D eigenvalue weighted by Gasteiger charge is 2.27. The Morgan fingerprint density at radius 1 is 1.43 bits per heavy atom. The first-order valence-electron chi connectivity index (χ1n) is 6.61. The lowest BCUT2D eigenvalue weighted by molar-refractivity contribution is -0.146.